The minimum atomic E-state index is -3.05. The van der Waals surface area contributed by atoms with Crippen LogP contribution >= 0.6 is 0 Å². The van der Waals surface area contributed by atoms with Crippen molar-refractivity contribution >= 4 is 5.69 Å². The van der Waals surface area contributed by atoms with Crippen LogP contribution in [0, 0.1) is 34.0 Å². The van der Waals surface area contributed by atoms with Crippen LogP contribution in [-0.2, 0) is 0 Å². The summed E-state index contributed by atoms with van der Waals surface area (Å²) in [5, 5.41) is 28.8. The van der Waals surface area contributed by atoms with Gasteiger partial charge in [0, 0.05) is 11.8 Å². The Kier molecular flexibility index (Phi) is 5.49. The minimum Gasteiger partial charge on any atom is -0.493 e. The third-order valence-corrected chi connectivity index (χ3v) is 2.23. The van der Waals surface area contributed by atoms with Gasteiger partial charge in [0.15, 0.2) is 17.1 Å². The van der Waals surface area contributed by atoms with E-state index in [0.717, 1.165) is 6.07 Å². The van der Waals surface area contributed by atoms with Crippen LogP contribution in [0.2, 0.25) is 0 Å². The summed E-state index contributed by atoms with van der Waals surface area (Å²) in [6.45, 7) is -3.05. The molecule has 21 heavy (non-hydrogen) atoms. The second-order valence-corrected chi connectivity index (χ2v) is 3.45. The minimum absolute atomic E-state index is 0.0733. The Hall–Kier alpha value is -3.31. The maximum Gasteiger partial charge on any atom is 0.387 e. The first-order valence-corrected chi connectivity index (χ1v) is 5.40. The van der Waals surface area contributed by atoms with Gasteiger partial charge < -0.3 is 14.8 Å². The molecular weight excluding hydrogens is 282 g/mol. The Labute approximate surface area is 119 Å². The van der Waals surface area contributed by atoms with Crippen LogP contribution < -0.4 is 14.8 Å². The van der Waals surface area contributed by atoms with Crippen LogP contribution in [0.1, 0.15) is 0 Å². The van der Waals surface area contributed by atoms with Crippen LogP contribution in [-0.4, -0.2) is 13.7 Å². The number of methoxy groups -OCH3 is 1. The van der Waals surface area contributed by atoms with Gasteiger partial charge in [0.2, 0.25) is 0 Å². The van der Waals surface area contributed by atoms with Gasteiger partial charge in [-0.15, -0.1) is 0 Å². The van der Waals surface area contributed by atoms with E-state index in [-0.39, 0.29) is 22.9 Å². The predicted octanol–water partition coefficient (Wildman–Crippen LogP) is 2.53. The molecule has 8 heteroatoms. The van der Waals surface area contributed by atoms with Crippen molar-refractivity contribution in [3.63, 3.8) is 0 Å². The molecule has 0 spiro atoms. The SMILES string of the molecule is COc1ccc(NC(C#N)=C(C#N)C#N)cc1OC(F)F. The largest absolute Gasteiger partial charge is 0.493 e. The van der Waals surface area contributed by atoms with Crippen molar-refractivity contribution in [2.24, 2.45) is 0 Å². The second kappa shape index (κ2) is 7.32. The summed E-state index contributed by atoms with van der Waals surface area (Å²) in [4.78, 5) is 0. The number of nitriles is 3. The van der Waals surface area contributed by atoms with Gasteiger partial charge in [-0.2, -0.15) is 24.6 Å². The summed E-state index contributed by atoms with van der Waals surface area (Å²) in [5.74, 6) is -0.172. The Morgan fingerprint density at radius 2 is 1.81 bits per heavy atom. The number of nitrogens with zero attached hydrogens (tertiary/aromatic N) is 3. The number of ether oxygens (including phenoxy) is 2. The van der Waals surface area contributed by atoms with Crippen molar-refractivity contribution in [1.29, 1.82) is 15.8 Å². The van der Waals surface area contributed by atoms with E-state index in [9.17, 15) is 8.78 Å². The van der Waals surface area contributed by atoms with E-state index in [0.29, 0.717) is 0 Å². The Bertz CT molecular complexity index is 665. The lowest BCUT2D eigenvalue weighted by Crippen LogP contribution is -2.05. The van der Waals surface area contributed by atoms with Gasteiger partial charge in [-0.3, -0.25) is 0 Å². The van der Waals surface area contributed by atoms with Crippen molar-refractivity contribution in [1.82, 2.24) is 0 Å². The summed E-state index contributed by atoms with van der Waals surface area (Å²) in [6, 6.07) is 8.66. The molecule has 0 amide bonds. The zero-order valence-electron chi connectivity index (χ0n) is 10.7. The summed E-state index contributed by atoms with van der Waals surface area (Å²) < 4.78 is 33.7. The Morgan fingerprint density at radius 3 is 2.29 bits per heavy atom. The number of anilines is 1. The summed E-state index contributed by atoms with van der Waals surface area (Å²) in [6.07, 6.45) is 0. The molecule has 106 valence electrons. The molecule has 1 aromatic rings. The third kappa shape index (κ3) is 4.09. The Morgan fingerprint density at radius 1 is 1.14 bits per heavy atom. The van der Waals surface area contributed by atoms with Gasteiger partial charge in [0.25, 0.3) is 0 Å². The van der Waals surface area contributed by atoms with E-state index in [1.165, 1.54) is 19.2 Å². The van der Waals surface area contributed by atoms with Crippen LogP contribution in [0.5, 0.6) is 11.5 Å². The van der Waals surface area contributed by atoms with Gasteiger partial charge in [-0.25, -0.2) is 0 Å². The van der Waals surface area contributed by atoms with Gasteiger partial charge in [0.05, 0.1) is 7.11 Å². The molecule has 0 unspecified atom stereocenters. The monoisotopic (exact) mass is 290 g/mol. The third-order valence-electron chi connectivity index (χ3n) is 2.23. The van der Waals surface area contributed by atoms with Gasteiger partial charge in [0.1, 0.15) is 23.9 Å². The van der Waals surface area contributed by atoms with Gasteiger partial charge in [-0.05, 0) is 12.1 Å². The molecule has 1 aromatic carbocycles. The molecule has 0 bridgehead atoms. The number of benzene rings is 1. The summed E-state index contributed by atoms with van der Waals surface area (Å²) in [5.41, 5.74) is -0.538. The number of nitrogens with one attached hydrogen (secondary N) is 1. The first-order chi connectivity index (χ1) is 10.0. The number of alkyl halides is 2. The predicted molar refractivity (Wildman–Crippen MR) is 67.1 cm³/mol. The molecule has 0 aliphatic carbocycles. The zero-order valence-corrected chi connectivity index (χ0v) is 10.7. The van der Waals surface area contributed by atoms with Crippen LogP contribution in [0.3, 0.4) is 0 Å². The second-order valence-electron chi connectivity index (χ2n) is 3.45. The zero-order chi connectivity index (χ0) is 15.8. The van der Waals surface area contributed by atoms with Crippen molar-refractivity contribution < 1.29 is 18.3 Å². The highest BCUT2D eigenvalue weighted by Crippen LogP contribution is 2.32. The fourth-order valence-electron chi connectivity index (χ4n) is 1.37. The molecule has 0 saturated heterocycles. The molecule has 0 aliphatic heterocycles. The Balaban J connectivity index is 3.17. The molecule has 0 radical (unpaired) electrons. The topological polar surface area (TPSA) is 102 Å². The van der Waals surface area contributed by atoms with Crippen LogP contribution in [0.15, 0.2) is 29.5 Å². The highest BCUT2D eigenvalue weighted by atomic mass is 19.3. The van der Waals surface area contributed by atoms with E-state index in [1.54, 1.807) is 18.2 Å². The van der Waals surface area contributed by atoms with Crippen molar-refractivity contribution in [2.45, 2.75) is 6.61 Å². The molecule has 6 nitrogen and oxygen atoms in total. The van der Waals surface area contributed by atoms with Crippen molar-refractivity contribution in [3.8, 4) is 29.7 Å². The maximum atomic E-state index is 12.3. The lowest BCUT2D eigenvalue weighted by molar-refractivity contribution is -0.0511. The van der Waals surface area contributed by atoms with Gasteiger partial charge in [-0.1, -0.05) is 0 Å². The molecule has 0 atom stereocenters. The maximum absolute atomic E-state index is 12.3. The molecule has 0 fully saturated rings. The fraction of sp³-hybridized carbons (Fsp3) is 0.154. The number of hydrogen-bond acceptors (Lipinski definition) is 6. The highest BCUT2D eigenvalue weighted by molar-refractivity contribution is 5.62. The lowest BCUT2D eigenvalue weighted by Gasteiger charge is -2.12. The highest BCUT2D eigenvalue weighted by Gasteiger charge is 2.13. The van der Waals surface area contributed by atoms with E-state index in [2.05, 4.69) is 10.1 Å². The van der Waals surface area contributed by atoms with Gasteiger partial charge >= 0.3 is 6.61 Å². The van der Waals surface area contributed by atoms with E-state index in [1.807, 2.05) is 0 Å². The first kappa shape index (κ1) is 15.7. The quantitative estimate of drug-likeness (QED) is 0.836. The molecule has 0 saturated carbocycles. The smallest absolute Gasteiger partial charge is 0.387 e. The molecule has 1 rings (SSSR count). The van der Waals surface area contributed by atoms with E-state index < -0.39 is 12.2 Å². The normalized spacial score (nSPS) is 9.00. The summed E-state index contributed by atoms with van der Waals surface area (Å²) >= 11 is 0. The molecule has 0 heterocycles. The van der Waals surface area contributed by atoms with Crippen LogP contribution in [0.4, 0.5) is 14.5 Å². The molecule has 0 aromatic heterocycles. The summed E-state index contributed by atoms with van der Waals surface area (Å²) in [7, 11) is 1.28. The van der Waals surface area contributed by atoms with E-state index >= 15 is 0 Å². The average Bonchev–Trinajstić information content (AvgIpc) is 2.47. The lowest BCUT2D eigenvalue weighted by atomic mass is 10.2. The molecule has 0 aliphatic rings. The average molecular weight is 290 g/mol. The number of allylic oxidation sites excluding steroid dienone is 2. The molecule has 1 N–H and O–H groups in total. The van der Waals surface area contributed by atoms with Crippen molar-refractivity contribution in [2.75, 3.05) is 12.4 Å². The first-order valence-electron chi connectivity index (χ1n) is 5.40. The van der Waals surface area contributed by atoms with Crippen molar-refractivity contribution in [3.05, 3.63) is 29.5 Å². The fourth-order valence-corrected chi connectivity index (χ4v) is 1.37. The number of hydrogen-bond donors (Lipinski definition) is 1. The van der Waals surface area contributed by atoms with Crippen LogP contribution in [0.25, 0.3) is 0 Å². The molecular formula is C13H8F2N4O2. The standard InChI is InChI=1S/C13H8F2N4O2/c1-20-11-3-2-9(4-12(11)21-13(14)15)19-10(7-18)8(5-16)6-17/h2-4,13,19H,1H3. The van der Waals surface area contributed by atoms with E-state index in [4.69, 9.17) is 20.5 Å². The number of halogens is 2. The number of rotatable bonds is 5.